The van der Waals surface area contributed by atoms with Gasteiger partial charge < -0.3 is 10.2 Å². The fourth-order valence-corrected chi connectivity index (χ4v) is 2.59. The van der Waals surface area contributed by atoms with Crippen LogP contribution in [0.25, 0.3) is 0 Å². The van der Waals surface area contributed by atoms with Crippen LogP contribution in [0.1, 0.15) is 32.1 Å². The van der Waals surface area contributed by atoms with E-state index in [-0.39, 0.29) is 0 Å². The van der Waals surface area contributed by atoms with Crippen LogP contribution in [0.4, 0.5) is 5.13 Å². The Morgan fingerprint density at radius 1 is 1.41 bits per heavy atom. The molecule has 0 aliphatic carbocycles. The molecule has 96 valence electrons. The fourth-order valence-electron chi connectivity index (χ4n) is 1.58. The average molecular weight is 253 g/mol. The summed E-state index contributed by atoms with van der Waals surface area (Å²) < 4.78 is 0. The van der Waals surface area contributed by atoms with Crippen molar-refractivity contribution in [2.75, 3.05) is 24.5 Å². The normalized spacial score (nSPS) is 11.2. The van der Waals surface area contributed by atoms with E-state index in [0.29, 0.717) is 0 Å². The molecule has 0 amide bonds. The van der Waals surface area contributed by atoms with Gasteiger partial charge in [-0.25, -0.2) is 4.98 Å². The van der Waals surface area contributed by atoms with Crippen LogP contribution in [0.5, 0.6) is 0 Å². The molecule has 1 aromatic rings. The first-order valence-corrected chi connectivity index (χ1v) is 7.15. The molecule has 0 fully saturated rings. The number of thiazole rings is 1. The molecule has 1 heterocycles. The smallest absolute Gasteiger partial charge is 0.185 e. The number of hydrogen-bond acceptors (Lipinski definition) is 4. The van der Waals surface area contributed by atoms with Crippen molar-refractivity contribution in [1.29, 1.82) is 0 Å². The van der Waals surface area contributed by atoms with Crippen LogP contribution < -0.4 is 10.2 Å². The number of nitrogens with one attached hydrogen (secondary N) is 1. The van der Waals surface area contributed by atoms with Crippen LogP contribution in [-0.4, -0.2) is 24.6 Å². The van der Waals surface area contributed by atoms with E-state index < -0.39 is 0 Å². The van der Waals surface area contributed by atoms with Crippen molar-refractivity contribution in [3.05, 3.63) is 23.2 Å². The van der Waals surface area contributed by atoms with E-state index in [4.69, 9.17) is 0 Å². The Bertz CT molecular complexity index is 329. The summed E-state index contributed by atoms with van der Waals surface area (Å²) in [6.45, 7) is 10.4. The summed E-state index contributed by atoms with van der Waals surface area (Å²) in [5.41, 5.74) is 0. The zero-order valence-electron chi connectivity index (χ0n) is 11.1. The third kappa shape index (κ3) is 4.88. The third-order valence-corrected chi connectivity index (χ3v) is 3.66. The Balaban J connectivity index is 2.35. The maximum absolute atomic E-state index is 4.46. The second-order valence-electron chi connectivity index (χ2n) is 3.82. The molecule has 0 unspecified atom stereocenters. The number of hydrogen-bond donors (Lipinski definition) is 1. The van der Waals surface area contributed by atoms with Crippen molar-refractivity contribution in [3.63, 3.8) is 0 Å². The first kappa shape index (κ1) is 14.2. The molecule has 17 heavy (non-hydrogen) atoms. The van der Waals surface area contributed by atoms with Crippen molar-refractivity contribution < 1.29 is 0 Å². The second-order valence-corrected chi connectivity index (χ2v) is 4.91. The topological polar surface area (TPSA) is 28.2 Å². The average Bonchev–Trinajstić information content (AvgIpc) is 2.79. The van der Waals surface area contributed by atoms with Crippen LogP contribution in [0.2, 0.25) is 0 Å². The minimum Gasteiger partial charge on any atom is -0.349 e. The van der Waals surface area contributed by atoms with Crippen molar-refractivity contribution in [2.45, 2.75) is 33.7 Å². The number of rotatable bonds is 8. The van der Waals surface area contributed by atoms with E-state index in [0.717, 1.165) is 37.7 Å². The van der Waals surface area contributed by atoms with E-state index >= 15 is 0 Å². The van der Waals surface area contributed by atoms with Crippen LogP contribution in [0.3, 0.4) is 0 Å². The standard InChI is InChI=1S/C13H23N3S/c1-4-7-8-9-14-10-12-11-15-13(17-12)16(5-2)6-3/h4,7,11,14H,5-6,8-10H2,1-3H3/b7-4+. The van der Waals surface area contributed by atoms with Gasteiger partial charge in [0.25, 0.3) is 0 Å². The first-order chi connectivity index (χ1) is 8.31. The molecule has 0 bridgehead atoms. The highest BCUT2D eigenvalue weighted by molar-refractivity contribution is 7.15. The van der Waals surface area contributed by atoms with E-state index in [1.54, 1.807) is 11.3 Å². The van der Waals surface area contributed by atoms with E-state index in [9.17, 15) is 0 Å². The van der Waals surface area contributed by atoms with Crippen molar-refractivity contribution >= 4 is 16.5 Å². The van der Waals surface area contributed by atoms with Gasteiger partial charge in [0.2, 0.25) is 0 Å². The minimum absolute atomic E-state index is 0.927. The number of aromatic nitrogens is 1. The molecule has 0 aromatic carbocycles. The zero-order chi connectivity index (χ0) is 12.5. The number of allylic oxidation sites excluding steroid dienone is 1. The summed E-state index contributed by atoms with van der Waals surface area (Å²) in [5.74, 6) is 0. The lowest BCUT2D eigenvalue weighted by Gasteiger charge is -2.16. The molecule has 0 spiro atoms. The summed E-state index contributed by atoms with van der Waals surface area (Å²) in [6.07, 6.45) is 7.35. The molecule has 1 rings (SSSR count). The van der Waals surface area contributed by atoms with Crippen molar-refractivity contribution in [2.24, 2.45) is 0 Å². The van der Waals surface area contributed by atoms with Gasteiger partial charge in [-0.1, -0.05) is 12.2 Å². The molecule has 3 nitrogen and oxygen atoms in total. The van der Waals surface area contributed by atoms with Gasteiger partial charge in [0.1, 0.15) is 0 Å². The molecule has 1 aromatic heterocycles. The maximum Gasteiger partial charge on any atom is 0.185 e. The molecule has 0 atom stereocenters. The molecule has 0 saturated carbocycles. The SMILES string of the molecule is C/C=C/CCNCc1cnc(N(CC)CC)s1. The Labute approximate surface area is 109 Å². The molecule has 1 N–H and O–H groups in total. The Morgan fingerprint density at radius 2 is 2.18 bits per heavy atom. The summed E-state index contributed by atoms with van der Waals surface area (Å²) in [4.78, 5) is 8.06. The molecular formula is C13H23N3S. The monoisotopic (exact) mass is 253 g/mol. The fraction of sp³-hybridized carbons (Fsp3) is 0.615. The lowest BCUT2D eigenvalue weighted by atomic mass is 10.4. The number of anilines is 1. The second kappa shape index (κ2) is 8.25. The highest BCUT2D eigenvalue weighted by Gasteiger charge is 2.06. The van der Waals surface area contributed by atoms with Gasteiger partial charge in [-0.15, -0.1) is 11.3 Å². The van der Waals surface area contributed by atoms with Crippen LogP contribution in [0.15, 0.2) is 18.3 Å². The van der Waals surface area contributed by atoms with Gasteiger partial charge in [-0.3, -0.25) is 0 Å². The highest BCUT2D eigenvalue weighted by atomic mass is 32.1. The largest absolute Gasteiger partial charge is 0.349 e. The highest BCUT2D eigenvalue weighted by Crippen LogP contribution is 2.21. The Hall–Kier alpha value is -0.870. The predicted molar refractivity (Wildman–Crippen MR) is 76.8 cm³/mol. The molecule has 0 aliphatic rings. The molecule has 0 saturated heterocycles. The van der Waals surface area contributed by atoms with Crippen molar-refractivity contribution in [1.82, 2.24) is 10.3 Å². The summed E-state index contributed by atoms with van der Waals surface area (Å²) in [7, 11) is 0. The number of nitrogens with zero attached hydrogens (tertiary/aromatic N) is 2. The first-order valence-electron chi connectivity index (χ1n) is 6.33. The zero-order valence-corrected chi connectivity index (χ0v) is 11.9. The minimum atomic E-state index is 0.927. The lowest BCUT2D eigenvalue weighted by molar-refractivity contribution is 0.701. The Morgan fingerprint density at radius 3 is 2.82 bits per heavy atom. The van der Waals surface area contributed by atoms with Gasteiger partial charge in [0.05, 0.1) is 0 Å². The van der Waals surface area contributed by atoms with Gasteiger partial charge in [-0.05, 0) is 33.7 Å². The molecular weight excluding hydrogens is 230 g/mol. The lowest BCUT2D eigenvalue weighted by Crippen LogP contribution is -2.21. The van der Waals surface area contributed by atoms with Crippen LogP contribution in [-0.2, 0) is 6.54 Å². The summed E-state index contributed by atoms with van der Waals surface area (Å²) in [6, 6.07) is 0. The van der Waals surface area contributed by atoms with Gasteiger partial charge in [0.15, 0.2) is 5.13 Å². The Kier molecular flexibility index (Phi) is 6.89. The molecule has 4 heteroatoms. The van der Waals surface area contributed by atoms with Crippen LogP contribution in [0, 0.1) is 0 Å². The van der Waals surface area contributed by atoms with Gasteiger partial charge in [-0.2, -0.15) is 0 Å². The molecule has 0 aliphatic heterocycles. The molecule has 0 radical (unpaired) electrons. The van der Waals surface area contributed by atoms with E-state index in [1.165, 1.54) is 4.88 Å². The van der Waals surface area contributed by atoms with Gasteiger partial charge in [0, 0.05) is 30.7 Å². The summed E-state index contributed by atoms with van der Waals surface area (Å²) in [5, 5.41) is 4.56. The predicted octanol–water partition coefficient (Wildman–Crippen LogP) is 3.05. The van der Waals surface area contributed by atoms with Crippen molar-refractivity contribution in [3.8, 4) is 0 Å². The van der Waals surface area contributed by atoms with Gasteiger partial charge >= 0.3 is 0 Å². The maximum atomic E-state index is 4.46. The van der Waals surface area contributed by atoms with E-state index in [1.807, 2.05) is 6.20 Å². The van der Waals surface area contributed by atoms with E-state index in [2.05, 4.69) is 48.1 Å². The quantitative estimate of drug-likeness (QED) is 0.570. The summed E-state index contributed by atoms with van der Waals surface area (Å²) >= 11 is 1.79. The third-order valence-electron chi connectivity index (χ3n) is 2.60. The van der Waals surface area contributed by atoms with Crippen LogP contribution >= 0.6 is 11.3 Å².